The SMILES string of the molecule is CCCCCCCCCCCCCCOCC(C)OCC(C)OCC(C)OC(=O)CCC(C)(C)C. The van der Waals surface area contributed by atoms with Crippen molar-refractivity contribution in [2.75, 3.05) is 26.4 Å². The van der Waals surface area contributed by atoms with Crippen LogP contribution in [0.25, 0.3) is 0 Å². The highest BCUT2D eigenvalue weighted by Crippen LogP contribution is 2.21. The second kappa shape index (κ2) is 22.5. The first-order valence-electron chi connectivity index (χ1n) is 14.6. The summed E-state index contributed by atoms with van der Waals surface area (Å²) in [4.78, 5) is 11.9. The van der Waals surface area contributed by atoms with Crippen molar-refractivity contribution < 1.29 is 23.7 Å². The summed E-state index contributed by atoms with van der Waals surface area (Å²) in [6.45, 7) is 16.9. The van der Waals surface area contributed by atoms with Crippen LogP contribution >= 0.6 is 0 Å². The van der Waals surface area contributed by atoms with Gasteiger partial charge in [0.25, 0.3) is 0 Å². The van der Waals surface area contributed by atoms with E-state index in [1.807, 2.05) is 20.8 Å². The number of ether oxygens (including phenoxy) is 4. The van der Waals surface area contributed by atoms with Crippen LogP contribution in [0.1, 0.15) is 138 Å². The maximum atomic E-state index is 11.9. The molecule has 5 nitrogen and oxygen atoms in total. The third kappa shape index (κ3) is 26.2. The lowest BCUT2D eigenvalue weighted by atomic mass is 9.91. The number of carbonyl (C=O) groups is 1. The second-order valence-corrected chi connectivity index (χ2v) is 11.6. The fourth-order valence-corrected chi connectivity index (χ4v) is 3.78. The van der Waals surface area contributed by atoms with Gasteiger partial charge in [-0.25, -0.2) is 0 Å². The summed E-state index contributed by atoms with van der Waals surface area (Å²) in [5.74, 6) is -0.154. The van der Waals surface area contributed by atoms with Crippen LogP contribution in [0, 0.1) is 5.41 Å². The number of hydrogen-bond acceptors (Lipinski definition) is 5. The molecule has 0 radical (unpaired) electrons. The molecule has 35 heavy (non-hydrogen) atoms. The molecular formula is C30H60O5. The number of esters is 1. The number of hydrogen-bond donors (Lipinski definition) is 0. The summed E-state index contributed by atoms with van der Waals surface area (Å²) in [7, 11) is 0. The zero-order valence-corrected chi connectivity index (χ0v) is 24.5. The van der Waals surface area contributed by atoms with E-state index in [0.29, 0.717) is 26.2 Å². The first-order valence-corrected chi connectivity index (χ1v) is 14.6. The minimum Gasteiger partial charge on any atom is -0.460 e. The van der Waals surface area contributed by atoms with E-state index >= 15 is 0 Å². The molecule has 3 unspecified atom stereocenters. The zero-order valence-electron chi connectivity index (χ0n) is 24.5. The first-order chi connectivity index (χ1) is 16.6. The minimum atomic E-state index is -0.249. The van der Waals surface area contributed by atoms with Crippen LogP contribution in [0.5, 0.6) is 0 Å². The average Bonchev–Trinajstić information content (AvgIpc) is 2.80. The molecule has 0 saturated carbocycles. The zero-order chi connectivity index (χ0) is 26.4. The van der Waals surface area contributed by atoms with Gasteiger partial charge >= 0.3 is 5.97 Å². The van der Waals surface area contributed by atoms with Gasteiger partial charge in [-0.05, 0) is 39.0 Å². The third-order valence-electron chi connectivity index (χ3n) is 6.14. The lowest BCUT2D eigenvalue weighted by molar-refractivity contribution is -0.153. The van der Waals surface area contributed by atoms with Gasteiger partial charge in [0.05, 0.1) is 32.0 Å². The largest absolute Gasteiger partial charge is 0.460 e. The van der Waals surface area contributed by atoms with E-state index < -0.39 is 0 Å². The molecule has 5 heteroatoms. The predicted molar refractivity (Wildman–Crippen MR) is 147 cm³/mol. The highest BCUT2D eigenvalue weighted by atomic mass is 16.6. The molecule has 0 aromatic carbocycles. The minimum absolute atomic E-state index is 0.0472. The molecule has 0 aliphatic carbocycles. The van der Waals surface area contributed by atoms with Crippen molar-refractivity contribution in [3.63, 3.8) is 0 Å². The van der Waals surface area contributed by atoms with Crippen molar-refractivity contribution in [3.05, 3.63) is 0 Å². The Bertz CT molecular complexity index is 474. The lowest BCUT2D eigenvalue weighted by Gasteiger charge is -2.21. The fourth-order valence-electron chi connectivity index (χ4n) is 3.78. The van der Waals surface area contributed by atoms with Gasteiger partial charge in [-0.15, -0.1) is 0 Å². The second-order valence-electron chi connectivity index (χ2n) is 11.6. The molecule has 0 amide bonds. The smallest absolute Gasteiger partial charge is 0.306 e. The Morgan fingerprint density at radius 2 is 1.11 bits per heavy atom. The maximum absolute atomic E-state index is 11.9. The van der Waals surface area contributed by atoms with Crippen LogP contribution < -0.4 is 0 Å². The van der Waals surface area contributed by atoms with Crippen LogP contribution in [0.3, 0.4) is 0 Å². The molecule has 3 atom stereocenters. The van der Waals surface area contributed by atoms with E-state index in [2.05, 4.69) is 27.7 Å². The highest BCUT2D eigenvalue weighted by Gasteiger charge is 2.16. The van der Waals surface area contributed by atoms with Crippen molar-refractivity contribution >= 4 is 5.97 Å². The van der Waals surface area contributed by atoms with Gasteiger partial charge in [-0.1, -0.05) is 98.3 Å². The molecule has 0 N–H and O–H groups in total. The van der Waals surface area contributed by atoms with E-state index in [0.717, 1.165) is 19.4 Å². The van der Waals surface area contributed by atoms with Crippen LogP contribution in [-0.4, -0.2) is 50.7 Å². The summed E-state index contributed by atoms with van der Waals surface area (Å²) in [6, 6.07) is 0. The number of carbonyl (C=O) groups excluding carboxylic acids is 1. The molecule has 0 aromatic heterocycles. The van der Waals surface area contributed by atoms with Gasteiger partial charge in [0, 0.05) is 13.0 Å². The molecule has 210 valence electrons. The fraction of sp³-hybridized carbons (Fsp3) is 0.967. The summed E-state index contributed by atoms with van der Waals surface area (Å²) >= 11 is 0. The van der Waals surface area contributed by atoms with Crippen LogP contribution in [0.15, 0.2) is 0 Å². The Hall–Kier alpha value is -0.650. The Balaban J connectivity index is 3.52. The molecule has 0 saturated heterocycles. The summed E-state index contributed by atoms with van der Waals surface area (Å²) in [5, 5.41) is 0. The van der Waals surface area contributed by atoms with E-state index in [4.69, 9.17) is 18.9 Å². The molecule has 0 heterocycles. The Morgan fingerprint density at radius 3 is 1.63 bits per heavy atom. The third-order valence-corrected chi connectivity index (χ3v) is 6.14. The van der Waals surface area contributed by atoms with E-state index in [9.17, 15) is 4.79 Å². The summed E-state index contributed by atoms with van der Waals surface area (Å²) in [6.07, 6.45) is 17.3. The van der Waals surface area contributed by atoms with E-state index in [1.165, 1.54) is 70.6 Å². The van der Waals surface area contributed by atoms with Gasteiger partial charge in [-0.3, -0.25) is 4.79 Å². The van der Waals surface area contributed by atoms with Crippen molar-refractivity contribution in [2.24, 2.45) is 5.41 Å². The molecule has 0 aliphatic rings. The molecule has 0 rings (SSSR count). The van der Waals surface area contributed by atoms with E-state index in [-0.39, 0.29) is 29.7 Å². The van der Waals surface area contributed by atoms with Crippen molar-refractivity contribution in [2.45, 2.75) is 157 Å². The molecular weight excluding hydrogens is 440 g/mol. The molecule has 0 spiro atoms. The van der Waals surface area contributed by atoms with Gasteiger partial charge < -0.3 is 18.9 Å². The molecule has 0 aliphatic heterocycles. The van der Waals surface area contributed by atoms with Crippen molar-refractivity contribution in [3.8, 4) is 0 Å². The lowest BCUT2D eigenvalue weighted by Crippen LogP contribution is -2.27. The standard InChI is InChI=1S/C30H60O5/c1-8-9-10-11-12-13-14-15-16-17-18-19-22-32-23-26(2)33-24-27(3)34-25-28(4)35-29(31)20-21-30(5,6)7/h26-28H,8-25H2,1-7H3. The van der Waals surface area contributed by atoms with Crippen molar-refractivity contribution in [1.82, 2.24) is 0 Å². The van der Waals surface area contributed by atoms with Gasteiger partial charge in [-0.2, -0.15) is 0 Å². The number of rotatable bonds is 24. The maximum Gasteiger partial charge on any atom is 0.306 e. The Kier molecular flexibility index (Phi) is 22.1. The van der Waals surface area contributed by atoms with Crippen LogP contribution in [-0.2, 0) is 23.7 Å². The first kappa shape index (κ1) is 34.4. The monoisotopic (exact) mass is 500 g/mol. The van der Waals surface area contributed by atoms with Gasteiger partial charge in [0.1, 0.15) is 6.10 Å². The number of unbranched alkanes of at least 4 members (excludes halogenated alkanes) is 11. The quantitative estimate of drug-likeness (QED) is 0.0986. The van der Waals surface area contributed by atoms with Crippen LogP contribution in [0.2, 0.25) is 0 Å². The average molecular weight is 501 g/mol. The highest BCUT2D eigenvalue weighted by molar-refractivity contribution is 5.69. The Morgan fingerprint density at radius 1 is 0.657 bits per heavy atom. The normalized spacial score (nSPS) is 14.6. The molecule has 0 fully saturated rings. The van der Waals surface area contributed by atoms with E-state index in [1.54, 1.807) is 0 Å². The Labute approximate surface area is 218 Å². The van der Waals surface area contributed by atoms with Gasteiger partial charge in [0.2, 0.25) is 0 Å². The summed E-state index contributed by atoms with van der Waals surface area (Å²) < 4.78 is 22.8. The van der Waals surface area contributed by atoms with Gasteiger partial charge in [0.15, 0.2) is 0 Å². The summed E-state index contributed by atoms with van der Waals surface area (Å²) in [5.41, 5.74) is 0.137. The molecule has 0 aromatic rings. The predicted octanol–water partition coefficient (Wildman–Crippen LogP) is 8.27. The topological polar surface area (TPSA) is 54.0 Å². The molecule has 0 bridgehead atoms. The van der Waals surface area contributed by atoms with Crippen molar-refractivity contribution in [1.29, 1.82) is 0 Å². The van der Waals surface area contributed by atoms with Crippen LogP contribution in [0.4, 0.5) is 0 Å².